The monoisotopic (exact) mass is 261 g/mol. The minimum atomic E-state index is -0.486. The van der Waals surface area contributed by atoms with Crippen molar-refractivity contribution < 1.29 is 9.50 Å². The Kier molecular flexibility index (Phi) is 4.06. The molecule has 0 unspecified atom stereocenters. The molecule has 1 N–H and O–H groups in total. The summed E-state index contributed by atoms with van der Waals surface area (Å²) in [6, 6.07) is 7.18. The van der Waals surface area contributed by atoms with Crippen LogP contribution in [0.4, 0.5) is 10.2 Å². The first kappa shape index (κ1) is 13.4. The highest BCUT2D eigenvalue weighted by Crippen LogP contribution is 2.19. The zero-order chi connectivity index (χ0) is 13.8. The number of rotatable bonds is 4. The smallest absolute Gasteiger partial charge is 0.171 e. The molecule has 2 aromatic heterocycles. The summed E-state index contributed by atoms with van der Waals surface area (Å²) in [6.45, 7) is 2.03. The molecule has 0 aliphatic carbocycles. The van der Waals surface area contributed by atoms with Crippen LogP contribution < -0.4 is 4.90 Å². The normalized spacial score (nSPS) is 10.5. The van der Waals surface area contributed by atoms with Gasteiger partial charge in [0.1, 0.15) is 0 Å². The van der Waals surface area contributed by atoms with E-state index in [1.165, 1.54) is 12.3 Å². The summed E-state index contributed by atoms with van der Waals surface area (Å²) < 4.78 is 14.0. The lowest BCUT2D eigenvalue weighted by Crippen LogP contribution is -2.20. The lowest BCUT2D eigenvalue weighted by Gasteiger charge is -2.19. The van der Waals surface area contributed by atoms with Crippen LogP contribution in [-0.4, -0.2) is 22.1 Å². The number of hydrogen-bond acceptors (Lipinski definition) is 4. The third-order valence-electron chi connectivity index (χ3n) is 2.83. The van der Waals surface area contributed by atoms with Crippen molar-refractivity contribution in [3.05, 3.63) is 53.2 Å². The van der Waals surface area contributed by atoms with E-state index in [9.17, 15) is 4.39 Å². The summed E-state index contributed by atoms with van der Waals surface area (Å²) in [4.78, 5) is 10.1. The van der Waals surface area contributed by atoms with E-state index in [2.05, 4.69) is 9.97 Å². The van der Waals surface area contributed by atoms with Crippen molar-refractivity contribution in [3.8, 4) is 0 Å². The zero-order valence-electron chi connectivity index (χ0n) is 11.0. The van der Waals surface area contributed by atoms with E-state index in [0.717, 1.165) is 11.4 Å². The molecule has 0 spiro atoms. The lowest BCUT2D eigenvalue weighted by molar-refractivity contribution is 0.275. The van der Waals surface area contributed by atoms with Crippen molar-refractivity contribution >= 4 is 5.82 Å². The van der Waals surface area contributed by atoms with E-state index in [-0.39, 0.29) is 18.0 Å². The van der Waals surface area contributed by atoms with Crippen LogP contribution >= 0.6 is 0 Å². The van der Waals surface area contributed by atoms with Gasteiger partial charge in [-0.3, -0.25) is 4.98 Å². The van der Waals surface area contributed by atoms with E-state index in [1.807, 2.05) is 25.1 Å². The number of aromatic nitrogens is 2. The molecule has 0 aromatic carbocycles. The van der Waals surface area contributed by atoms with E-state index < -0.39 is 5.82 Å². The van der Waals surface area contributed by atoms with Gasteiger partial charge in [-0.25, -0.2) is 9.37 Å². The van der Waals surface area contributed by atoms with Gasteiger partial charge in [0.05, 0.1) is 18.8 Å². The Bertz CT molecular complexity index is 574. The van der Waals surface area contributed by atoms with Crippen LogP contribution in [0, 0.1) is 12.7 Å². The summed E-state index contributed by atoms with van der Waals surface area (Å²) >= 11 is 0. The van der Waals surface area contributed by atoms with Crippen molar-refractivity contribution in [1.29, 1.82) is 0 Å². The van der Waals surface area contributed by atoms with Crippen LogP contribution in [0.15, 0.2) is 30.5 Å². The molecule has 4 nitrogen and oxygen atoms in total. The molecular weight excluding hydrogens is 245 g/mol. The Hall–Kier alpha value is -2.01. The maximum Gasteiger partial charge on any atom is 0.171 e. The standard InChI is InChI=1S/C14H16FN3O/c1-10-4-3-5-12(17-10)8-18(2)14-13(15)11(9-19)6-7-16-14/h3-7,19H,8-9H2,1-2H3. The zero-order valence-corrected chi connectivity index (χ0v) is 11.0. The Morgan fingerprint density at radius 1 is 1.32 bits per heavy atom. The van der Waals surface area contributed by atoms with Crippen LogP contribution in [-0.2, 0) is 13.2 Å². The van der Waals surface area contributed by atoms with Crippen molar-refractivity contribution in [2.24, 2.45) is 0 Å². The van der Waals surface area contributed by atoms with Crippen molar-refractivity contribution in [2.45, 2.75) is 20.1 Å². The third-order valence-corrected chi connectivity index (χ3v) is 2.83. The lowest BCUT2D eigenvalue weighted by atomic mass is 10.2. The van der Waals surface area contributed by atoms with Gasteiger partial charge in [0.25, 0.3) is 0 Å². The first-order chi connectivity index (χ1) is 9.11. The number of aryl methyl sites for hydroxylation is 1. The number of anilines is 1. The molecule has 2 heterocycles. The van der Waals surface area contributed by atoms with Gasteiger partial charge in [-0.2, -0.15) is 0 Å². The van der Waals surface area contributed by atoms with Crippen molar-refractivity contribution in [1.82, 2.24) is 9.97 Å². The Labute approximate surface area is 111 Å². The molecule has 0 bridgehead atoms. The first-order valence-corrected chi connectivity index (χ1v) is 5.99. The molecule has 0 aliphatic rings. The molecule has 0 saturated carbocycles. The molecule has 2 aromatic rings. The summed E-state index contributed by atoms with van der Waals surface area (Å²) in [5.74, 6) is -0.269. The van der Waals surface area contributed by atoms with E-state index in [0.29, 0.717) is 6.54 Å². The second-order valence-electron chi connectivity index (χ2n) is 4.39. The average molecular weight is 261 g/mol. The molecule has 0 fully saturated rings. The molecular formula is C14H16FN3O. The van der Waals surface area contributed by atoms with Gasteiger partial charge < -0.3 is 10.0 Å². The highest BCUT2D eigenvalue weighted by Gasteiger charge is 2.13. The van der Waals surface area contributed by atoms with Gasteiger partial charge >= 0.3 is 0 Å². The minimum absolute atomic E-state index is 0.217. The molecule has 0 radical (unpaired) electrons. The highest BCUT2D eigenvalue weighted by molar-refractivity contribution is 5.42. The minimum Gasteiger partial charge on any atom is -0.392 e. The SMILES string of the molecule is Cc1cccc(CN(C)c2nccc(CO)c2F)n1. The fraction of sp³-hybridized carbons (Fsp3) is 0.286. The molecule has 100 valence electrons. The van der Waals surface area contributed by atoms with Crippen LogP contribution in [0.5, 0.6) is 0 Å². The summed E-state index contributed by atoms with van der Waals surface area (Å²) in [5.41, 5.74) is 2.01. The molecule has 19 heavy (non-hydrogen) atoms. The van der Waals surface area contributed by atoms with Crippen LogP contribution in [0.3, 0.4) is 0 Å². The number of aliphatic hydroxyl groups excluding tert-OH is 1. The predicted octanol–water partition coefficient (Wildman–Crippen LogP) is 2.05. The number of nitrogens with zero attached hydrogens (tertiary/aromatic N) is 3. The quantitative estimate of drug-likeness (QED) is 0.915. The fourth-order valence-electron chi connectivity index (χ4n) is 1.86. The second kappa shape index (κ2) is 5.75. The number of pyridine rings is 2. The van der Waals surface area contributed by atoms with Crippen molar-refractivity contribution in [2.75, 3.05) is 11.9 Å². The van der Waals surface area contributed by atoms with Gasteiger partial charge in [-0.1, -0.05) is 6.07 Å². The molecule has 0 amide bonds. The summed E-state index contributed by atoms with van der Waals surface area (Å²) in [5, 5.41) is 9.05. The summed E-state index contributed by atoms with van der Waals surface area (Å²) in [6.07, 6.45) is 1.49. The fourth-order valence-corrected chi connectivity index (χ4v) is 1.86. The van der Waals surface area contributed by atoms with Crippen LogP contribution in [0.1, 0.15) is 17.0 Å². The third kappa shape index (κ3) is 3.06. The van der Waals surface area contributed by atoms with E-state index >= 15 is 0 Å². The molecule has 0 saturated heterocycles. The van der Waals surface area contributed by atoms with Crippen LogP contribution in [0.2, 0.25) is 0 Å². The van der Waals surface area contributed by atoms with Gasteiger partial charge in [-0.15, -0.1) is 0 Å². The average Bonchev–Trinajstić information content (AvgIpc) is 2.39. The molecule has 5 heteroatoms. The first-order valence-electron chi connectivity index (χ1n) is 5.99. The Balaban J connectivity index is 2.23. The maximum absolute atomic E-state index is 14.0. The second-order valence-corrected chi connectivity index (χ2v) is 4.39. The highest BCUT2D eigenvalue weighted by atomic mass is 19.1. The van der Waals surface area contributed by atoms with Gasteiger partial charge in [0.15, 0.2) is 11.6 Å². The largest absolute Gasteiger partial charge is 0.392 e. The summed E-state index contributed by atoms with van der Waals surface area (Å²) in [7, 11) is 1.75. The molecule has 2 rings (SSSR count). The Morgan fingerprint density at radius 2 is 2.11 bits per heavy atom. The van der Waals surface area contributed by atoms with E-state index in [1.54, 1.807) is 11.9 Å². The number of halogens is 1. The Morgan fingerprint density at radius 3 is 2.79 bits per heavy atom. The topological polar surface area (TPSA) is 49.2 Å². The molecule has 0 atom stereocenters. The number of aliphatic hydroxyl groups is 1. The van der Waals surface area contributed by atoms with E-state index in [4.69, 9.17) is 5.11 Å². The van der Waals surface area contributed by atoms with Crippen molar-refractivity contribution in [3.63, 3.8) is 0 Å². The van der Waals surface area contributed by atoms with Gasteiger partial charge in [-0.05, 0) is 25.1 Å². The van der Waals surface area contributed by atoms with Gasteiger partial charge in [0.2, 0.25) is 0 Å². The predicted molar refractivity (Wildman–Crippen MR) is 71.2 cm³/mol. The van der Waals surface area contributed by atoms with Crippen LogP contribution in [0.25, 0.3) is 0 Å². The maximum atomic E-state index is 14.0. The number of hydrogen-bond donors (Lipinski definition) is 1. The molecule has 0 aliphatic heterocycles. The van der Waals surface area contributed by atoms with Gasteiger partial charge in [0, 0.05) is 24.5 Å².